The molecule has 0 saturated heterocycles. The van der Waals surface area contributed by atoms with Crippen molar-refractivity contribution in [2.75, 3.05) is 13.2 Å². The predicted molar refractivity (Wildman–Crippen MR) is 284 cm³/mol. The largest absolute Gasteiger partial charge is 0.462 e. The maximum absolute atomic E-state index is 12.8. The van der Waals surface area contributed by atoms with Crippen LogP contribution in [0.15, 0.2) is 24.3 Å². The van der Waals surface area contributed by atoms with Crippen molar-refractivity contribution in [1.29, 1.82) is 0 Å². The minimum Gasteiger partial charge on any atom is -0.462 e. The van der Waals surface area contributed by atoms with E-state index in [4.69, 9.17) is 14.2 Å². The number of hydrogen-bond donors (Lipinski definition) is 0. The lowest BCUT2D eigenvalue weighted by atomic mass is 10.0. The van der Waals surface area contributed by atoms with Crippen LogP contribution in [0, 0.1) is 0 Å². The molecule has 6 nitrogen and oxygen atoms in total. The zero-order valence-electron chi connectivity index (χ0n) is 44.5. The fourth-order valence-electron chi connectivity index (χ4n) is 8.77. The van der Waals surface area contributed by atoms with Crippen LogP contribution in [-0.4, -0.2) is 37.2 Å². The van der Waals surface area contributed by atoms with Gasteiger partial charge in [-0.2, -0.15) is 0 Å². The summed E-state index contributed by atoms with van der Waals surface area (Å²) in [4.78, 5) is 37.9. The number of carbonyl (C=O) groups is 3. The van der Waals surface area contributed by atoms with Crippen molar-refractivity contribution in [3.8, 4) is 0 Å². The average Bonchev–Trinajstić information content (AvgIpc) is 3.31. The summed E-state index contributed by atoms with van der Waals surface area (Å²) in [5.74, 6) is -0.875. The van der Waals surface area contributed by atoms with Crippen molar-refractivity contribution in [2.45, 2.75) is 329 Å². The Bertz CT molecular complexity index is 1070. The highest BCUT2D eigenvalue weighted by molar-refractivity contribution is 5.71. The molecule has 0 spiro atoms. The van der Waals surface area contributed by atoms with E-state index < -0.39 is 6.10 Å². The van der Waals surface area contributed by atoms with Crippen molar-refractivity contribution in [3.63, 3.8) is 0 Å². The zero-order valence-corrected chi connectivity index (χ0v) is 44.5. The third kappa shape index (κ3) is 52.9. The summed E-state index contributed by atoms with van der Waals surface area (Å²) < 4.78 is 16.8. The number of carbonyl (C=O) groups excluding carboxylic acids is 3. The van der Waals surface area contributed by atoms with Crippen LogP contribution in [0.25, 0.3) is 0 Å². The van der Waals surface area contributed by atoms with Gasteiger partial charge in [0.05, 0.1) is 0 Å². The summed E-state index contributed by atoms with van der Waals surface area (Å²) in [6, 6.07) is 0. The Morgan fingerprint density at radius 1 is 0.303 bits per heavy atom. The molecule has 0 rings (SSSR count). The van der Waals surface area contributed by atoms with Crippen LogP contribution in [0.4, 0.5) is 0 Å². The van der Waals surface area contributed by atoms with Crippen molar-refractivity contribution in [3.05, 3.63) is 24.3 Å². The average molecular weight is 930 g/mol. The SMILES string of the molecule is CCCCCC/C=C\C/C=C\CCCCCCCC(=O)OC(COC(=O)CCCCCCCCC)COC(=O)CCCCCCCCCCCCCCCCCCCCCCCCCCC. The number of rotatable bonds is 54. The lowest BCUT2D eigenvalue weighted by Crippen LogP contribution is -2.30. The van der Waals surface area contributed by atoms with Gasteiger partial charge in [-0.3, -0.25) is 14.4 Å². The first-order valence-electron chi connectivity index (χ1n) is 29.3. The van der Waals surface area contributed by atoms with Gasteiger partial charge in [-0.15, -0.1) is 0 Å². The van der Waals surface area contributed by atoms with Crippen LogP contribution in [0.2, 0.25) is 0 Å². The van der Waals surface area contributed by atoms with Gasteiger partial charge < -0.3 is 14.2 Å². The predicted octanol–water partition coefficient (Wildman–Crippen LogP) is 19.5. The summed E-state index contributed by atoms with van der Waals surface area (Å²) in [5.41, 5.74) is 0. The van der Waals surface area contributed by atoms with Gasteiger partial charge in [-0.1, -0.05) is 276 Å². The Morgan fingerprint density at radius 2 is 0.545 bits per heavy atom. The molecule has 1 unspecified atom stereocenters. The number of ether oxygens (including phenoxy) is 3. The van der Waals surface area contributed by atoms with Crippen molar-refractivity contribution in [1.82, 2.24) is 0 Å². The second kappa shape index (κ2) is 55.5. The molecule has 0 bridgehead atoms. The zero-order chi connectivity index (χ0) is 47.9. The molecule has 0 radical (unpaired) electrons. The second-order valence-electron chi connectivity index (χ2n) is 19.9. The van der Waals surface area contributed by atoms with E-state index in [0.717, 1.165) is 77.0 Å². The monoisotopic (exact) mass is 929 g/mol. The van der Waals surface area contributed by atoms with E-state index in [1.54, 1.807) is 0 Å². The first-order valence-corrected chi connectivity index (χ1v) is 29.3. The van der Waals surface area contributed by atoms with Gasteiger partial charge in [0.25, 0.3) is 0 Å². The molecule has 66 heavy (non-hydrogen) atoms. The number of esters is 3. The highest BCUT2D eigenvalue weighted by Gasteiger charge is 2.19. The fourth-order valence-corrected chi connectivity index (χ4v) is 8.77. The molecule has 0 aliphatic rings. The van der Waals surface area contributed by atoms with Gasteiger partial charge in [0.2, 0.25) is 0 Å². The van der Waals surface area contributed by atoms with Gasteiger partial charge in [0, 0.05) is 19.3 Å². The Kier molecular flexibility index (Phi) is 53.7. The van der Waals surface area contributed by atoms with E-state index in [2.05, 4.69) is 45.1 Å². The first-order chi connectivity index (χ1) is 32.5. The highest BCUT2D eigenvalue weighted by atomic mass is 16.6. The second-order valence-corrected chi connectivity index (χ2v) is 19.9. The normalized spacial score (nSPS) is 12.1. The molecule has 0 aromatic rings. The standard InChI is InChI=1S/C60H112O6/c1-4-7-10-13-16-18-20-22-24-26-27-28-29-30-31-32-33-34-36-37-39-41-44-47-50-53-59(62)65-56-57(55-64-58(61)52-49-46-43-15-12-9-6-3)66-60(63)54-51-48-45-42-40-38-35-25-23-21-19-17-14-11-8-5-2/h19,21,25,35,57H,4-18,20,22-24,26-34,36-56H2,1-3H3/b21-19-,35-25-. The summed E-state index contributed by atoms with van der Waals surface area (Å²) in [7, 11) is 0. The smallest absolute Gasteiger partial charge is 0.306 e. The van der Waals surface area contributed by atoms with Crippen LogP contribution < -0.4 is 0 Å². The number of unbranched alkanes of at least 4 members (excludes halogenated alkanes) is 39. The van der Waals surface area contributed by atoms with Gasteiger partial charge in [-0.05, 0) is 51.4 Å². The molecule has 0 aromatic carbocycles. The Morgan fingerprint density at radius 3 is 0.848 bits per heavy atom. The maximum atomic E-state index is 12.8. The summed E-state index contributed by atoms with van der Waals surface area (Å²) in [6.45, 7) is 6.61. The molecular formula is C60H112O6. The number of hydrogen-bond acceptors (Lipinski definition) is 6. The maximum Gasteiger partial charge on any atom is 0.306 e. The molecule has 0 amide bonds. The highest BCUT2D eigenvalue weighted by Crippen LogP contribution is 2.17. The van der Waals surface area contributed by atoms with Gasteiger partial charge in [-0.25, -0.2) is 0 Å². The topological polar surface area (TPSA) is 78.9 Å². The third-order valence-electron chi connectivity index (χ3n) is 13.2. The van der Waals surface area contributed by atoms with E-state index in [-0.39, 0.29) is 31.1 Å². The van der Waals surface area contributed by atoms with Crippen LogP contribution in [0.5, 0.6) is 0 Å². The number of allylic oxidation sites excluding steroid dienone is 4. The van der Waals surface area contributed by atoms with E-state index >= 15 is 0 Å². The molecule has 0 heterocycles. The van der Waals surface area contributed by atoms with Crippen LogP contribution in [-0.2, 0) is 28.6 Å². The Labute approximate surface area is 411 Å². The van der Waals surface area contributed by atoms with Gasteiger partial charge in [0.1, 0.15) is 13.2 Å². The van der Waals surface area contributed by atoms with Crippen LogP contribution >= 0.6 is 0 Å². The molecule has 0 aromatic heterocycles. The summed E-state index contributed by atoms with van der Waals surface area (Å²) in [5, 5.41) is 0. The molecule has 1 atom stereocenters. The fraction of sp³-hybridized carbons (Fsp3) is 0.883. The summed E-state index contributed by atoms with van der Waals surface area (Å²) in [6.07, 6.45) is 64.9. The molecule has 6 heteroatoms. The Hall–Kier alpha value is -2.11. The quantitative estimate of drug-likeness (QED) is 0.0262. The summed E-state index contributed by atoms with van der Waals surface area (Å²) >= 11 is 0. The van der Waals surface area contributed by atoms with Crippen molar-refractivity contribution >= 4 is 17.9 Å². The van der Waals surface area contributed by atoms with E-state index in [9.17, 15) is 14.4 Å². The van der Waals surface area contributed by atoms with Gasteiger partial charge >= 0.3 is 17.9 Å². The van der Waals surface area contributed by atoms with Gasteiger partial charge in [0.15, 0.2) is 6.10 Å². The Balaban J connectivity index is 4.09. The molecule has 0 aliphatic heterocycles. The molecular weight excluding hydrogens is 817 g/mol. The van der Waals surface area contributed by atoms with Crippen molar-refractivity contribution in [2.24, 2.45) is 0 Å². The van der Waals surface area contributed by atoms with Crippen LogP contribution in [0.1, 0.15) is 323 Å². The minimum atomic E-state index is -0.772. The molecule has 0 N–H and O–H groups in total. The molecule has 388 valence electrons. The molecule has 0 saturated carbocycles. The molecule has 0 fully saturated rings. The minimum absolute atomic E-state index is 0.0724. The van der Waals surface area contributed by atoms with E-state index in [1.165, 1.54) is 205 Å². The third-order valence-corrected chi connectivity index (χ3v) is 13.2. The lowest BCUT2D eigenvalue weighted by molar-refractivity contribution is -0.167. The van der Waals surface area contributed by atoms with E-state index in [0.29, 0.717) is 19.3 Å². The van der Waals surface area contributed by atoms with Crippen LogP contribution in [0.3, 0.4) is 0 Å². The van der Waals surface area contributed by atoms with Crippen molar-refractivity contribution < 1.29 is 28.6 Å². The lowest BCUT2D eigenvalue weighted by Gasteiger charge is -2.18. The first kappa shape index (κ1) is 63.9. The molecule has 0 aliphatic carbocycles. The van der Waals surface area contributed by atoms with E-state index in [1.807, 2.05) is 0 Å².